The predicted molar refractivity (Wildman–Crippen MR) is 68.8 cm³/mol. The summed E-state index contributed by atoms with van der Waals surface area (Å²) in [5.74, 6) is 2.35. The Morgan fingerprint density at radius 2 is 2.41 bits per heavy atom. The van der Waals surface area contributed by atoms with Gasteiger partial charge in [0.15, 0.2) is 5.82 Å². The molecule has 1 aliphatic rings. The van der Waals surface area contributed by atoms with E-state index in [1.165, 1.54) is 0 Å². The van der Waals surface area contributed by atoms with E-state index < -0.39 is 0 Å². The van der Waals surface area contributed by atoms with Crippen LogP contribution in [0.1, 0.15) is 12.1 Å². The van der Waals surface area contributed by atoms with Crippen LogP contribution in [0.25, 0.3) is 5.52 Å². The van der Waals surface area contributed by atoms with Gasteiger partial charge in [0, 0.05) is 31.4 Å². The van der Waals surface area contributed by atoms with E-state index in [-0.39, 0.29) is 0 Å². The van der Waals surface area contributed by atoms with Crippen LogP contribution in [-0.2, 0) is 0 Å². The van der Waals surface area contributed by atoms with Crippen molar-refractivity contribution in [2.24, 2.45) is 5.92 Å². The third-order valence-electron chi connectivity index (χ3n) is 3.30. The van der Waals surface area contributed by atoms with Gasteiger partial charge in [0.25, 0.3) is 0 Å². The number of rotatable bonds is 2. The van der Waals surface area contributed by atoms with Crippen molar-refractivity contribution >= 4 is 22.9 Å². The van der Waals surface area contributed by atoms with Gasteiger partial charge >= 0.3 is 0 Å². The second-order valence-electron chi connectivity index (χ2n) is 4.62. The van der Waals surface area contributed by atoms with E-state index in [4.69, 9.17) is 11.6 Å². The Labute approximate surface area is 105 Å². The summed E-state index contributed by atoms with van der Waals surface area (Å²) in [4.78, 5) is 6.80. The molecular weight excluding hydrogens is 236 g/mol. The van der Waals surface area contributed by atoms with Crippen molar-refractivity contribution in [3.63, 3.8) is 0 Å². The number of aromatic nitrogens is 3. The highest BCUT2D eigenvalue weighted by Gasteiger charge is 2.24. The number of halogens is 1. The quantitative estimate of drug-likeness (QED) is 0.766. The Bertz CT molecular complexity index is 536. The van der Waals surface area contributed by atoms with Gasteiger partial charge in [-0.05, 0) is 25.3 Å². The minimum atomic E-state index is 0.586. The SMILES string of the molecule is Cc1cc2c(N3CCC(CCl)C3)nccn2n1. The predicted octanol–water partition coefficient (Wildman–Crippen LogP) is 2.10. The molecule has 0 saturated carbocycles. The third-order valence-corrected chi connectivity index (χ3v) is 3.73. The highest BCUT2D eigenvalue weighted by molar-refractivity contribution is 6.18. The molecule has 3 rings (SSSR count). The van der Waals surface area contributed by atoms with Gasteiger partial charge in [-0.2, -0.15) is 5.10 Å². The number of nitrogens with zero attached hydrogens (tertiary/aromatic N) is 4. The van der Waals surface area contributed by atoms with Crippen LogP contribution in [0.4, 0.5) is 5.82 Å². The maximum absolute atomic E-state index is 5.92. The highest BCUT2D eigenvalue weighted by atomic mass is 35.5. The molecule has 1 saturated heterocycles. The van der Waals surface area contributed by atoms with Gasteiger partial charge in [0.05, 0.1) is 5.69 Å². The lowest BCUT2D eigenvalue weighted by Gasteiger charge is -2.17. The van der Waals surface area contributed by atoms with Crippen LogP contribution >= 0.6 is 11.6 Å². The van der Waals surface area contributed by atoms with Crippen molar-refractivity contribution in [3.8, 4) is 0 Å². The van der Waals surface area contributed by atoms with E-state index in [0.29, 0.717) is 5.92 Å². The molecular formula is C12H15ClN4. The van der Waals surface area contributed by atoms with E-state index in [0.717, 1.165) is 42.4 Å². The molecule has 0 spiro atoms. The third kappa shape index (κ3) is 1.86. The lowest BCUT2D eigenvalue weighted by atomic mass is 10.2. The lowest BCUT2D eigenvalue weighted by molar-refractivity contribution is 0.666. The number of hydrogen-bond donors (Lipinski definition) is 0. The Balaban J connectivity index is 2.00. The summed E-state index contributed by atoms with van der Waals surface area (Å²) in [5.41, 5.74) is 2.10. The van der Waals surface area contributed by atoms with Crippen LogP contribution < -0.4 is 4.90 Å². The van der Waals surface area contributed by atoms with Crippen LogP contribution in [0.15, 0.2) is 18.5 Å². The van der Waals surface area contributed by atoms with Crippen molar-refractivity contribution in [2.75, 3.05) is 23.9 Å². The first-order chi connectivity index (χ1) is 8.28. The van der Waals surface area contributed by atoms with E-state index in [1.807, 2.05) is 23.8 Å². The smallest absolute Gasteiger partial charge is 0.154 e. The first kappa shape index (κ1) is 10.8. The summed E-state index contributed by atoms with van der Waals surface area (Å²) in [6, 6.07) is 2.08. The van der Waals surface area contributed by atoms with Crippen LogP contribution in [-0.4, -0.2) is 33.6 Å². The molecule has 0 bridgehead atoms. The first-order valence-electron chi connectivity index (χ1n) is 5.90. The zero-order valence-electron chi connectivity index (χ0n) is 9.80. The average Bonchev–Trinajstić information content (AvgIpc) is 2.92. The van der Waals surface area contributed by atoms with E-state index in [9.17, 15) is 0 Å². The molecule has 2 aromatic heterocycles. The van der Waals surface area contributed by atoms with Crippen molar-refractivity contribution < 1.29 is 0 Å². The fourth-order valence-electron chi connectivity index (χ4n) is 2.43. The van der Waals surface area contributed by atoms with E-state index >= 15 is 0 Å². The minimum absolute atomic E-state index is 0.586. The molecule has 0 amide bonds. The maximum atomic E-state index is 5.92. The summed E-state index contributed by atoms with van der Waals surface area (Å²) in [6.45, 7) is 4.04. The summed E-state index contributed by atoms with van der Waals surface area (Å²) in [7, 11) is 0. The molecule has 3 heterocycles. The summed E-state index contributed by atoms with van der Waals surface area (Å²) < 4.78 is 1.89. The molecule has 2 aromatic rings. The number of fused-ring (bicyclic) bond motifs is 1. The highest BCUT2D eigenvalue weighted by Crippen LogP contribution is 2.26. The van der Waals surface area contributed by atoms with Gasteiger partial charge in [0.2, 0.25) is 0 Å². The Morgan fingerprint density at radius 1 is 1.53 bits per heavy atom. The second kappa shape index (κ2) is 4.18. The van der Waals surface area contributed by atoms with Crippen molar-refractivity contribution in [2.45, 2.75) is 13.3 Å². The molecule has 4 nitrogen and oxygen atoms in total. The van der Waals surface area contributed by atoms with E-state index in [2.05, 4.69) is 21.0 Å². The number of anilines is 1. The topological polar surface area (TPSA) is 33.4 Å². The molecule has 17 heavy (non-hydrogen) atoms. The zero-order chi connectivity index (χ0) is 11.8. The Hall–Kier alpha value is -1.29. The van der Waals surface area contributed by atoms with Gasteiger partial charge in [-0.3, -0.25) is 0 Å². The summed E-state index contributed by atoms with van der Waals surface area (Å²) in [5, 5.41) is 4.41. The van der Waals surface area contributed by atoms with Crippen LogP contribution in [0, 0.1) is 12.8 Å². The van der Waals surface area contributed by atoms with Crippen LogP contribution in [0.2, 0.25) is 0 Å². The molecule has 5 heteroatoms. The maximum Gasteiger partial charge on any atom is 0.154 e. The Morgan fingerprint density at radius 3 is 3.18 bits per heavy atom. The van der Waals surface area contributed by atoms with Crippen LogP contribution in [0.3, 0.4) is 0 Å². The first-order valence-corrected chi connectivity index (χ1v) is 6.43. The number of alkyl halides is 1. The minimum Gasteiger partial charge on any atom is -0.354 e. The normalized spacial score (nSPS) is 20.4. The van der Waals surface area contributed by atoms with Crippen LogP contribution in [0.5, 0.6) is 0 Å². The molecule has 1 unspecified atom stereocenters. The standard InChI is InChI=1S/C12H15ClN4/c1-9-6-11-12(14-3-5-17(11)15-9)16-4-2-10(7-13)8-16/h3,5-6,10H,2,4,7-8H2,1H3. The molecule has 0 aromatic carbocycles. The second-order valence-corrected chi connectivity index (χ2v) is 4.93. The van der Waals surface area contributed by atoms with Crippen molar-refractivity contribution in [1.29, 1.82) is 0 Å². The lowest BCUT2D eigenvalue weighted by Crippen LogP contribution is -2.21. The van der Waals surface area contributed by atoms with E-state index in [1.54, 1.807) is 0 Å². The molecule has 1 atom stereocenters. The molecule has 0 aliphatic carbocycles. The number of hydrogen-bond acceptors (Lipinski definition) is 3. The fourth-order valence-corrected chi connectivity index (χ4v) is 2.68. The molecule has 1 aliphatic heterocycles. The summed E-state index contributed by atoms with van der Waals surface area (Å²) in [6.07, 6.45) is 4.85. The zero-order valence-corrected chi connectivity index (χ0v) is 10.6. The largest absolute Gasteiger partial charge is 0.354 e. The molecule has 1 fully saturated rings. The van der Waals surface area contributed by atoms with Gasteiger partial charge in [-0.15, -0.1) is 11.6 Å². The molecule has 0 N–H and O–H groups in total. The monoisotopic (exact) mass is 250 g/mol. The Kier molecular flexibility index (Phi) is 2.67. The van der Waals surface area contributed by atoms with Crippen molar-refractivity contribution in [1.82, 2.24) is 14.6 Å². The van der Waals surface area contributed by atoms with Gasteiger partial charge < -0.3 is 4.90 Å². The molecule has 0 radical (unpaired) electrons. The molecule has 90 valence electrons. The average molecular weight is 251 g/mol. The summed E-state index contributed by atoms with van der Waals surface area (Å²) >= 11 is 5.92. The van der Waals surface area contributed by atoms with Crippen molar-refractivity contribution in [3.05, 3.63) is 24.2 Å². The van der Waals surface area contributed by atoms with Gasteiger partial charge in [-0.25, -0.2) is 9.50 Å². The van der Waals surface area contributed by atoms with Gasteiger partial charge in [-0.1, -0.05) is 0 Å². The fraction of sp³-hybridized carbons (Fsp3) is 0.500. The van der Waals surface area contributed by atoms with Gasteiger partial charge in [0.1, 0.15) is 5.52 Å². The number of aryl methyl sites for hydroxylation is 1.